The third-order valence-electron chi connectivity index (χ3n) is 4.76. The number of alkyl halides is 3. The van der Waals surface area contributed by atoms with Gasteiger partial charge in [0.25, 0.3) is 0 Å². The van der Waals surface area contributed by atoms with Crippen molar-refractivity contribution in [2.75, 3.05) is 13.2 Å². The smallest absolute Gasteiger partial charge is 0.380 e. The number of sulfonamides is 1. The molecule has 1 saturated heterocycles. The first-order valence-corrected chi connectivity index (χ1v) is 10.7. The molecule has 1 unspecified atom stereocenters. The SMILES string of the molecule is O=S(=O)(NC(c1ccc(F)cc1)C(F)(F)F)C1=C/CCC/C=C/C(C2COC2)=C\1. The number of halogens is 4. The molecule has 1 aromatic rings. The second kappa shape index (κ2) is 8.81. The van der Waals surface area contributed by atoms with Crippen LogP contribution >= 0.6 is 0 Å². The van der Waals surface area contributed by atoms with Crippen LogP contribution in [0.2, 0.25) is 0 Å². The fourth-order valence-corrected chi connectivity index (χ4v) is 4.39. The van der Waals surface area contributed by atoms with E-state index >= 15 is 0 Å². The maximum absolute atomic E-state index is 13.6. The first-order valence-electron chi connectivity index (χ1n) is 9.17. The lowest BCUT2D eigenvalue weighted by molar-refractivity contribution is -0.153. The minimum Gasteiger partial charge on any atom is -0.380 e. The molecule has 0 spiro atoms. The molecular formula is C20H21F4NO3S. The number of ether oxygens (including phenoxy) is 1. The highest BCUT2D eigenvalue weighted by Gasteiger charge is 2.43. The Kier molecular flexibility index (Phi) is 6.60. The molecule has 1 N–H and O–H groups in total. The van der Waals surface area contributed by atoms with Crippen LogP contribution in [0.15, 0.2) is 59.0 Å². The third-order valence-corrected chi connectivity index (χ3v) is 6.21. The van der Waals surface area contributed by atoms with Crippen molar-refractivity contribution < 1.29 is 30.7 Å². The van der Waals surface area contributed by atoms with Crippen molar-refractivity contribution in [3.63, 3.8) is 0 Å². The molecule has 1 aromatic carbocycles. The average Bonchev–Trinajstić information content (AvgIpc) is 2.71. The van der Waals surface area contributed by atoms with E-state index in [1.165, 1.54) is 12.2 Å². The zero-order chi connectivity index (χ0) is 21.1. The van der Waals surface area contributed by atoms with E-state index in [1.807, 2.05) is 12.2 Å². The summed E-state index contributed by atoms with van der Waals surface area (Å²) in [6.07, 6.45) is 3.53. The van der Waals surface area contributed by atoms with E-state index in [0.717, 1.165) is 30.7 Å². The molecule has 0 bridgehead atoms. The molecule has 0 saturated carbocycles. The Bertz CT molecular complexity index is 914. The van der Waals surface area contributed by atoms with Gasteiger partial charge in [0.15, 0.2) is 0 Å². The molecule has 2 aliphatic rings. The lowest BCUT2D eigenvalue weighted by Gasteiger charge is -2.27. The highest BCUT2D eigenvalue weighted by molar-refractivity contribution is 7.93. The van der Waals surface area contributed by atoms with Gasteiger partial charge in [0.05, 0.1) is 18.1 Å². The lowest BCUT2D eigenvalue weighted by atomic mass is 9.96. The monoisotopic (exact) mass is 431 g/mol. The van der Waals surface area contributed by atoms with Gasteiger partial charge in [-0.1, -0.05) is 30.4 Å². The molecular weight excluding hydrogens is 410 g/mol. The maximum Gasteiger partial charge on any atom is 0.408 e. The van der Waals surface area contributed by atoms with E-state index in [0.29, 0.717) is 31.6 Å². The van der Waals surface area contributed by atoms with Crippen molar-refractivity contribution in [1.29, 1.82) is 0 Å². The Hall–Kier alpha value is -1.97. The van der Waals surface area contributed by atoms with Gasteiger partial charge in [0, 0.05) is 5.92 Å². The molecule has 1 aliphatic carbocycles. The van der Waals surface area contributed by atoms with Crippen molar-refractivity contribution in [3.05, 3.63) is 70.4 Å². The normalized spacial score (nSPS) is 24.7. The third kappa shape index (κ3) is 5.55. The number of hydrogen-bond acceptors (Lipinski definition) is 3. The molecule has 4 nitrogen and oxygen atoms in total. The number of hydrogen-bond donors (Lipinski definition) is 1. The Morgan fingerprint density at radius 2 is 1.79 bits per heavy atom. The average molecular weight is 431 g/mol. The van der Waals surface area contributed by atoms with E-state index in [2.05, 4.69) is 0 Å². The first kappa shape index (κ1) is 21.7. The van der Waals surface area contributed by atoms with Crippen LogP contribution in [0.5, 0.6) is 0 Å². The van der Waals surface area contributed by atoms with Gasteiger partial charge in [-0.05, 0) is 48.6 Å². The van der Waals surface area contributed by atoms with Gasteiger partial charge in [-0.3, -0.25) is 0 Å². The highest BCUT2D eigenvalue weighted by atomic mass is 32.2. The molecule has 3 rings (SSSR count). The first-order chi connectivity index (χ1) is 13.7. The van der Waals surface area contributed by atoms with E-state index in [4.69, 9.17) is 4.74 Å². The van der Waals surface area contributed by atoms with Crippen molar-refractivity contribution in [2.24, 2.45) is 5.92 Å². The van der Waals surface area contributed by atoms with E-state index in [1.54, 1.807) is 4.72 Å². The summed E-state index contributed by atoms with van der Waals surface area (Å²) in [4.78, 5) is -0.206. The Morgan fingerprint density at radius 1 is 1.10 bits per heavy atom. The van der Waals surface area contributed by atoms with Crippen LogP contribution in [0, 0.1) is 11.7 Å². The van der Waals surface area contributed by atoms with Crippen molar-refractivity contribution >= 4 is 10.0 Å². The fraction of sp³-hybridized carbons (Fsp3) is 0.400. The summed E-state index contributed by atoms with van der Waals surface area (Å²) < 4.78 is 86.6. The van der Waals surface area contributed by atoms with Crippen LogP contribution in [-0.4, -0.2) is 27.8 Å². The maximum atomic E-state index is 13.6. The fourth-order valence-electron chi connectivity index (χ4n) is 3.04. The zero-order valence-corrected chi connectivity index (χ0v) is 16.3. The van der Waals surface area contributed by atoms with Crippen LogP contribution in [0.1, 0.15) is 30.9 Å². The van der Waals surface area contributed by atoms with Crippen molar-refractivity contribution in [2.45, 2.75) is 31.5 Å². The molecule has 1 heterocycles. The van der Waals surface area contributed by atoms with Gasteiger partial charge in [-0.25, -0.2) is 12.8 Å². The van der Waals surface area contributed by atoms with Crippen LogP contribution in [0.4, 0.5) is 17.6 Å². The summed E-state index contributed by atoms with van der Waals surface area (Å²) in [7, 11) is -4.48. The second-order valence-corrected chi connectivity index (χ2v) is 8.68. The number of rotatable bonds is 5. The molecule has 158 valence electrons. The largest absolute Gasteiger partial charge is 0.408 e. The summed E-state index contributed by atoms with van der Waals surface area (Å²) in [6.45, 7) is 0.884. The molecule has 1 fully saturated rings. The van der Waals surface area contributed by atoms with Crippen LogP contribution < -0.4 is 4.72 Å². The van der Waals surface area contributed by atoms with Gasteiger partial charge in [-0.2, -0.15) is 17.9 Å². The predicted molar refractivity (Wildman–Crippen MR) is 101 cm³/mol. The summed E-state index contributed by atoms with van der Waals surface area (Å²) in [5, 5.41) is 0. The van der Waals surface area contributed by atoms with E-state index < -0.39 is 28.1 Å². The molecule has 9 heteroatoms. The Morgan fingerprint density at radius 3 is 2.38 bits per heavy atom. The quantitative estimate of drug-likeness (QED) is 0.697. The Labute approximate surface area is 167 Å². The number of benzene rings is 1. The Balaban J connectivity index is 1.94. The number of nitrogens with one attached hydrogen (secondary N) is 1. The van der Waals surface area contributed by atoms with Gasteiger partial charge in [0.2, 0.25) is 10.0 Å². The van der Waals surface area contributed by atoms with E-state index in [-0.39, 0.29) is 16.4 Å². The molecule has 0 radical (unpaired) electrons. The summed E-state index contributed by atoms with van der Waals surface area (Å²) in [6, 6.07) is 1.08. The summed E-state index contributed by atoms with van der Waals surface area (Å²) >= 11 is 0. The lowest BCUT2D eigenvalue weighted by Crippen LogP contribution is -2.38. The van der Waals surface area contributed by atoms with Crippen molar-refractivity contribution in [3.8, 4) is 0 Å². The van der Waals surface area contributed by atoms with Gasteiger partial charge >= 0.3 is 6.18 Å². The van der Waals surface area contributed by atoms with Gasteiger partial charge < -0.3 is 4.74 Å². The zero-order valence-electron chi connectivity index (χ0n) is 15.5. The van der Waals surface area contributed by atoms with Crippen LogP contribution in [-0.2, 0) is 14.8 Å². The molecule has 1 atom stereocenters. The highest BCUT2D eigenvalue weighted by Crippen LogP contribution is 2.35. The second-order valence-electron chi connectivity index (χ2n) is 6.97. The predicted octanol–water partition coefficient (Wildman–Crippen LogP) is 4.55. The molecule has 1 aliphatic heterocycles. The van der Waals surface area contributed by atoms with E-state index in [9.17, 15) is 26.0 Å². The molecule has 29 heavy (non-hydrogen) atoms. The van der Waals surface area contributed by atoms with Crippen LogP contribution in [0.25, 0.3) is 0 Å². The van der Waals surface area contributed by atoms with Crippen molar-refractivity contribution in [1.82, 2.24) is 4.72 Å². The van der Waals surface area contributed by atoms with Crippen LogP contribution in [0.3, 0.4) is 0 Å². The standard InChI is InChI=1S/C20H21F4NO3S/c21-17-9-7-14(8-10-17)19(20(22,23)24)25-29(26,27)18-6-4-2-1-3-5-15(11-18)16-12-28-13-16/h3,5-11,16,19,25H,1-2,4,12-13H2/b5-3+,15-11+,18-6+. The summed E-state index contributed by atoms with van der Waals surface area (Å²) in [5.41, 5.74) is 0.322. The molecule has 0 amide bonds. The van der Waals surface area contributed by atoms with Gasteiger partial charge in [0.1, 0.15) is 11.9 Å². The minimum atomic E-state index is -4.89. The number of allylic oxidation sites excluding steroid dienone is 4. The molecule has 0 aromatic heterocycles. The minimum absolute atomic E-state index is 0.0125. The summed E-state index contributed by atoms with van der Waals surface area (Å²) in [5.74, 6) is -0.697. The van der Waals surface area contributed by atoms with Gasteiger partial charge in [-0.15, -0.1) is 0 Å². The topological polar surface area (TPSA) is 55.4 Å².